The number of hydrogen-bond acceptors (Lipinski definition) is 7. The monoisotopic (exact) mass is 391 g/mol. The van der Waals surface area contributed by atoms with Gasteiger partial charge in [0.1, 0.15) is 11.6 Å². The van der Waals surface area contributed by atoms with Crippen molar-refractivity contribution in [1.29, 1.82) is 0 Å². The Kier molecular flexibility index (Phi) is 4.60. The van der Waals surface area contributed by atoms with Gasteiger partial charge in [0.25, 0.3) is 0 Å². The summed E-state index contributed by atoms with van der Waals surface area (Å²) in [6.45, 7) is 0.0157. The summed E-state index contributed by atoms with van der Waals surface area (Å²) in [7, 11) is 0. The molecule has 3 heterocycles. The number of nitrogen functional groups attached to an aromatic ring is 1. The van der Waals surface area contributed by atoms with E-state index in [2.05, 4.69) is 9.97 Å². The highest BCUT2D eigenvalue weighted by molar-refractivity contribution is 6.30. The summed E-state index contributed by atoms with van der Waals surface area (Å²) in [5.41, 5.74) is 6.88. The summed E-state index contributed by atoms with van der Waals surface area (Å²) in [6, 6.07) is 7.12. The lowest BCUT2D eigenvalue weighted by Gasteiger charge is -2.15. The summed E-state index contributed by atoms with van der Waals surface area (Å²) in [6.07, 6.45) is -0.775. The summed E-state index contributed by atoms with van der Waals surface area (Å²) in [5.74, 6) is 0.00564. The maximum atomic E-state index is 13.1. The van der Waals surface area contributed by atoms with E-state index in [0.29, 0.717) is 10.5 Å². The first-order valence-electron chi connectivity index (χ1n) is 8.40. The molecule has 1 fully saturated rings. The zero-order valence-electron chi connectivity index (χ0n) is 14.2. The molecule has 1 aromatic carbocycles. The Morgan fingerprint density at radius 2 is 2.07 bits per heavy atom. The topological polar surface area (TPSA) is 128 Å². The number of imidazole rings is 1. The van der Waals surface area contributed by atoms with E-state index in [1.807, 2.05) is 12.1 Å². The van der Waals surface area contributed by atoms with Crippen LogP contribution in [0.4, 0.5) is 5.95 Å². The molecule has 0 saturated carbocycles. The van der Waals surface area contributed by atoms with Crippen molar-refractivity contribution in [3.63, 3.8) is 0 Å². The van der Waals surface area contributed by atoms with Crippen LogP contribution in [0.1, 0.15) is 18.2 Å². The molecule has 0 spiro atoms. The minimum atomic E-state index is -0.960. The third kappa shape index (κ3) is 3.19. The van der Waals surface area contributed by atoms with Crippen LogP contribution in [0.3, 0.4) is 0 Å². The standard InChI is InChI=1S/C17H18ClN5O4/c18-10-3-1-9(2-4-10)7-22-12-6-20-16(19)21-14(12)23(17(22)26)15-13(25)5-11(8-24)27-15/h1-4,6,11,13,15,24-25H,5,7-8H2,(H2,19,20,21)/t11-,13+,15+/m0/s1. The van der Waals surface area contributed by atoms with Crippen LogP contribution in [0.25, 0.3) is 11.2 Å². The van der Waals surface area contributed by atoms with Gasteiger partial charge in [-0.2, -0.15) is 4.98 Å². The number of halogens is 1. The number of fused-ring (bicyclic) bond motifs is 1. The highest BCUT2D eigenvalue weighted by Gasteiger charge is 2.37. The van der Waals surface area contributed by atoms with Crippen LogP contribution >= 0.6 is 11.6 Å². The van der Waals surface area contributed by atoms with Crippen LogP contribution in [-0.2, 0) is 11.3 Å². The molecule has 1 aliphatic rings. The fourth-order valence-electron chi connectivity index (χ4n) is 3.31. The van der Waals surface area contributed by atoms with Crippen molar-refractivity contribution in [3.05, 3.63) is 51.5 Å². The van der Waals surface area contributed by atoms with Crippen molar-refractivity contribution in [2.24, 2.45) is 0 Å². The van der Waals surface area contributed by atoms with E-state index < -0.39 is 24.1 Å². The molecule has 3 aromatic rings. The number of aliphatic hydroxyl groups excluding tert-OH is 2. The Hall–Kier alpha value is -2.46. The molecule has 0 unspecified atom stereocenters. The SMILES string of the molecule is Nc1ncc2c(n1)n([C@@H]1O[C@H](CO)C[C@H]1O)c(=O)n2Cc1ccc(Cl)cc1. The molecule has 0 amide bonds. The molecule has 0 aliphatic carbocycles. The molecule has 3 atom stereocenters. The Morgan fingerprint density at radius 1 is 1.33 bits per heavy atom. The van der Waals surface area contributed by atoms with Gasteiger partial charge in [-0.15, -0.1) is 0 Å². The second-order valence-electron chi connectivity index (χ2n) is 6.44. The lowest BCUT2D eigenvalue weighted by atomic mass is 10.2. The van der Waals surface area contributed by atoms with Crippen LogP contribution in [0.15, 0.2) is 35.3 Å². The van der Waals surface area contributed by atoms with Crippen LogP contribution < -0.4 is 11.4 Å². The van der Waals surface area contributed by atoms with E-state index in [-0.39, 0.29) is 31.2 Å². The van der Waals surface area contributed by atoms with Gasteiger partial charge in [-0.05, 0) is 17.7 Å². The van der Waals surface area contributed by atoms with E-state index in [0.717, 1.165) is 5.56 Å². The maximum Gasteiger partial charge on any atom is 0.332 e. The fourth-order valence-corrected chi connectivity index (χ4v) is 3.43. The van der Waals surface area contributed by atoms with Crippen LogP contribution in [0.5, 0.6) is 0 Å². The molecule has 4 rings (SSSR count). The van der Waals surface area contributed by atoms with Gasteiger partial charge < -0.3 is 20.7 Å². The number of nitrogens with zero attached hydrogens (tertiary/aromatic N) is 4. The van der Waals surface area contributed by atoms with Crippen molar-refractivity contribution in [2.45, 2.75) is 31.4 Å². The molecule has 27 heavy (non-hydrogen) atoms. The van der Waals surface area contributed by atoms with Crippen molar-refractivity contribution in [3.8, 4) is 0 Å². The van der Waals surface area contributed by atoms with Gasteiger partial charge in [-0.1, -0.05) is 23.7 Å². The highest BCUT2D eigenvalue weighted by atomic mass is 35.5. The number of aromatic nitrogens is 4. The molecule has 0 radical (unpaired) electrons. The maximum absolute atomic E-state index is 13.1. The van der Waals surface area contributed by atoms with Crippen LogP contribution in [-0.4, -0.2) is 48.1 Å². The van der Waals surface area contributed by atoms with Gasteiger partial charge in [0.15, 0.2) is 11.9 Å². The smallest absolute Gasteiger partial charge is 0.332 e. The lowest BCUT2D eigenvalue weighted by molar-refractivity contribution is -0.0505. The first-order valence-corrected chi connectivity index (χ1v) is 8.78. The molecule has 9 nitrogen and oxygen atoms in total. The van der Waals surface area contributed by atoms with E-state index in [4.69, 9.17) is 22.1 Å². The van der Waals surface area contributed by atoms with Gasteiger partial charge in [0.2, 0.25) is 5.95 Å². The molecule has 1 aliphatic heterocycles. The number of benzene rings is 1. The van der Waals surface area contributed by atoms with Crippen molar-refractivity contribution < 1.29 is 14.9 Å². The largest absolute Gasteiger partial charge is 0.394 e. The number of ether oxygens (including phenoxy) is 1. The van der Waals surface area contributed by atoms with Gasteiger partial charge >= 0.3 is 5.69 Å². The number of rotatable bonds is 4. The lowest BCUT2D eigenvalue weighted by Crippen LogP contribution is -2.32. The first-order chi connectivity index (χ1) is 13.0. The second kappa shape index (κ2) is 6.93. The predicted molar refractivity (Wildman–Crippen MR) is 98.4 cm³/mol. The number of nitrogens with two attached hydrogens (primary N) is 1. The predicted octanol–water partition coefficient (Wildman–Crippen LogP) is 0.518. The Balaban J connectivity index is 1.84. The van der Waals surface area contributed by atoms with Crippen molar-refractivity contribution >= 4 is 28.7 Å². The van der Waals surface area contributed by atoms with Crippen LogP contribution in [0.2, 0.25) is 5.02 Å². The van der Waals surface area contributed by atoms with Gasteiger partial charge in [-0.3, -0.25) is 4.57 Å². The van der Waals surface area contributed by atoms with E-state index in [1.165, 1.54) is 15.3 Å². The minimum absolute atomic E-state index is 0.00564. The summed E-state index contributed by atoms with van der Waals surface area (Å²) in [4.78, 5) is 21.3. The molecule has 0 bridgehead atoms. The third-order valence-electron chi connectivity index (χ3n) is 4.60. The highest BCUT2D eigenvalue weighted by Crippen LogP contribution is 2.30. The van der Waals surface area contributed by atoms with E-state index in [9.17, 15) is 15.0 Å². The second-order valence-corrected chi connectivity index (χ2v) is 6.87. The van der Waals surface area contributed by atoms with E-state index in [1.54, 1.807) is 12.1 Å². The Labute approximate surface area is 158 Å². The van der Waals surface area contributed by atoms with Gasteiger partial charge in [0, 0.05) is 11.4 Å². The zero-order chi connectivity index (χ0) is 19.1. The normalized spacial score (nSPS) is 22.6. The Morgan fingerprint density at radius 3 is 2.74 bits per heavy atom. The molecule has 2 aromatic heterocycles. The average Bonchev–Trinajstić information content (AvgIpc) is 3.14. The summed E-state index contributed by atoms with van der Waals surface area (Å²) >= 11 is 5.92. The number of anilines is 1. The molecular weight excluding hydrogens is 374 g/mol. The molecular formula is C17H18ClN5O4. The van der Waals surface area contributed by atoms with Gasteiger partial charge in [0.05, 0.1) is 25.5 Å². The number of hydrogen-bond donors (Lipinski definition) is 3. The molecule has 4 N–H and O–H groups in total. The fraction of sp³-hybridized carbons (Fsp3) is 0.353. The van der Waals surface area contributed by atoms with Crippen LogP contribution in [0, 0.1) is 0 Å². The van der Waals surface area contributed by atoms with Crippen molar-refractivity contribution in [2.75, 3.05) is 12.3 Å². The zero-order valence-corrected chi connectivity index (χ0v) is 15.0. The quantitative estimate of drug-likeness (QED) is 0.591. The molecule has 10 heteroatoms. The molecule has 142 valence electrons. The van der Waals surface area contributed by atoms with Gasteiger partial charge in [-0.25, -0.2) is 14.3 Å². The van der Waals surface area contributed by atoms with E-state index >= 15 is 0 Å². The average molecular weight is 392 g/mol. The first kappa shape index (κ1) is 17.9. The van der Waals surface area contributed by atoms with Crippen molar-refractivity contribution in [1.82, 2.24) is 19.1 Å². The summed E-state index contributed by atoms with van der Waals surface area (Å²) in [5, 5.41) is 20.2. The Bertz CT molecular complexity index is 1030. The number of aliphatic hydroxyl groups is 2. The summed E-state index contributed by atoms with van der Waals surface area (Å²) < 4.78 is 8.40. The molecule has 1 saturated heterocycles. The minimum Gasteiger partial charge on any atom is -0.394 e. The third-order valence-corrected chi connectivity index (χ3v) is 4.85.